The van der Waals surface area contributed by atoms with E-state index < -0.39 is 0 Å². The lowest BCUT2D eigenvalue weighted by Gasteiger charge is -2.01. The van der Waals surface area contributed by atoms with Crippen LogP contribution in [0, 0.1) is 17.7 Å². The zero-order valence-electron chi connectivity index (χ0n) is 11.7. The van der Waals surface area contributed by atoms with Gasteiger partial charge in [0, 0.05) is 22.8 Å². The van der Waals surface area contributed by atoms with Gasteiger partial charge in [0.05, 0.1) is 6.54 Å². The number of amides is 1. The summed E-state index contributed by atoms with van der Waals surface area (Å²) < 4.78 is 12.7. The number of nitrogens with one attached hydrogen (secondary N) is 2. The second kappa shape index (κ2) is 6.15. The molecular weight excluding hydrogens is 279 g/mol. The smallest absolute Gasteiger partial charge is 0.252 e. The fraction of sp³-hybridized carbons (Fsp3) is 0.0556. The number of benzene rings is 2. The normalized spacial score (nSPS) is 10.0. The zero-order chi connectivity index (χ0) is 15.4. The fourth-order valence-corrected chi connectivity index (χ4v) is 2.10. The maximum atomic E-state index is 12.7. The van der Waals surface area contributed by atoms with E-state index >= 15 is 0 Å². The Hall–Kier alpha value is -3.06. The summed E-state index contributed by atoms with van der Waals surface area (Å²) in [5.41, 5.74) is 2.21. The Morgan fingerprint density at radius 2 is 1.95 bits per heavy atom. The number of aromatic nitrogens is 1. The van der Waals surface area contributed by atoms with Crippen molar-refractivity contribution in [2.45, 2.75) is 0 Å². The van der Waals surface area contributed by atoms with Crippen LogP contribution < -0.4 is 5.32 Å². The molecule has 4 heteroatoms. The summed E-state index contributed by atoms with van der Waals surface area (Å²) in [5.74, 6) is 5.24. The summed E-state index contributed by atoms with van der Waals surface area (Å²) in [4.78, 5) is 15.1. The first-order chi connectivity index (χ1) is 10.7. The Bertz CT molecular complexity index is 869. The number of fused-ring (bicyclic) bond motifs is 1. The third-order valence-corrected chi connectivity index (χ3v) is 3.23. The quantitative estimate of drug-likeness (QED) is 0.700. The van der Waals surface area contributed by atoms with Crippen molar-refractivity contribution in [3.63, 3.8) is 0 Å². The van der Waals surface area contributed by atoms with E-state index in [2.05, 4.69) is 22.1 Å². The lowest BCUT2D eigenvalue weighted by molar-refractivity contribution is 0.0959. The first-order valence-corrected chi connectivity index (χ1v) is 6.82. The van der Waals surface area contributed by atoms with Crippen LogP contribution in [0.3, 0.4) is 0 Å². The van der Waals surface area contributed by atoms with E-state index in [1.165, 1.54) is 12.1 Å². The molecule has 0 bridgehead atoms. The van der Waals surface area contributed by atoms with E-state index in [0.717, 1.165) is 10.9 Å². The van der Waals surface area contributed by atoms with Crippen molar-refractivity contribution in [3.8, 4) is 11.8 Å². The van der Waals surface area contributed by atoms with Crippen molar-refractivity contribution >= 4 is 16.8 Å². The highest BCUT2D eigenvalue weighted by Crippen LogP contribution is 2.13. The molecule has 2 N–H and O–H groups in total. The number of carbonyl (C=O) groups excluding carboxylic acids is 1. The minimum absolute atomic E-state index is 0.176. The maximum absolute atomic E-state index is 12.7. The Kier molecular flexibility index (Phi) is 3.88. The molecule has 0 aliphatic rings. The minimum Gasteiger partial charge on any atom is -0.361 e. The first kappa shape index (κ1) is 13.9. The molecule has 0 aliphatic heterocycles. The summed E-state index contributed by atoms with van der Waals surface area (Å²) in [6.07, 6.45) is 1.83. The van der Waals surface area contributed by atoms with Crippen LogP contribution in [0.4, 0.5) is 4.39 Å². The standard InChI is InChI=1S/C18H13FN2O/c19-16-7-3-13(4-8-16)2-1-10-21-18(22)15-6-5-14-9-11-20-17(14)12-15/h3-9,11-12,20H,10H2,(H,21,22). The minimum atomic E-state index is -0.293. The molecule has 1 amide bonds. The predicted molar refractivity (Wildman–Crippen MR) is 83.9 cm³/mol. The average Bonchev–Trinajstić information content (AvgIpc) is 3.00. The van der Waals surface area contributed by atoms with E-state index in [-0.39, 0.29) is 18.3 Å². The number of H-pyrrole nitrogens is 1. The molecule has 0 atom stereocenters. The molecule has 0 radical (unpaired) electrons. The molecule has 0 fully saturated rings. The number of carbonyl (C=O) groups is 1. The summed E-state index contributed by atoms with van der Waals surface area (Å²) in [6.45, 7) is 0.235. The summed E-state index contributed by atoms with van der Waals surface area (Å²) in [6, 6.07) is 13.3. The molecule has 1 heterocycles. The molecule has 0 unspecified atom stereocenters. The van der Waals surface area contributed by atoms with Crippen LogP contribution in [-0.2, 0) is 0 Å². The largest absolute Gasteiger partial charge is 0.361 e. The second-order valence-electron chi connectivity index (χ2n) is 4.77. The molecule has 22 heavy (non-hydrogen) atoms. The summed E-state index contributed by atoms with van der Waals surface area (Å²) in [5, 5.41) is 3.80. The van der Waals surface area contributed by atoms with Gasteiger partial charge < -0.3 is 10.3 Å². The molecule has 108 valence electrons. The molecule has 3 aromatic rings. The first-order valence-electron chi connectivity index (χ1n) is 6.82. The lowest BCUT2D eigenvalue weighted by Crippen LogP contribution is -2.23. The van der Waals surface area contributed by atoms with Crippen molar-refractivity contribution < 1.29 is 9.18 Å². The van der Waals surface area contributed by atoms with Crippen molar-refractivity contribution in [2.24, 2.45) is 0 Å². The molecule has 3 nitrogen and oxygen atoms in total. The molecular formula is C18H13FN2O. The van der Waals surface area contributed by atoms with Gasteiger partial charge in [-0.25, -0.2) is 4.39 Å². The van der Waals surface area contributed by atoms with Gasteiger partial charge in [-0.05, 0) is 47.9 Å². The summed E-state index contributed by atoms with van der Waals surface area (Å²) in [7, 11) is 0. The molecule has 3 rings (SSSR count). The van der Waals surface area contributed by atoms with Crippen molar-refractivity contribution in [1.82, 2.24) is 10.3 Å². The van der Waals surface area contributed by atoms with Gasteiger partial charge >= 0.3 is 0 Å². The van der Waals surface area contributed by atoms with Crippen LogP contribution in [0.15, 0.2) is 54.7 Å². The highest BCUT2D eigenvalue weighted by Gasteiger charge is 2.05. The van der Waals surface area contributed by atoms with E-state index in [4.69, 9.17) is 0 Å². The van der Waals surface area contributed by atoms with Crippen LogP contribution >= 0.6 is 0 Å². The number of hydrogen-bond acceptors (Lipinski definition) is 1. The van der Waals surface area contributed by atoms with Crippen LogP contribution in [-0.4, -0.2) is 17.4 Å². The maximum Gasteiger partial charge on any atom is 0.252 e. The lowest BCUT2D eigenvalue weighted by atomic mass is 10.1. The van der Waals surface area contributed by atoms with Gasteiger partial charge in [-0.3, -0.25) is 4.79 Å². The number of rotatable bonds is 2. The molecule has 0 aliphatic carbocycles. The third kappa shape index (κ3) is 3.15. The fourth-order valence-electron chi connectivity index (χ4n) is 2.10. The topological polar surface area (TPSA) is 44.9 Å². The SMILES string of the molecule is O=C(NCC#Cc1ccc(F)cc1)c1ccc2cc[nH]c2c1. The van der Waals surface area contributed by atoms with Crippen LogP contribution in [0.5, 0.6) is 0 Å². The molecule has 0 saturated heterocycles. The number of halogens is 1. The van der Waals surface area contributed by atoms with E-state index in [9.17, 15) is 9.18 Å². The van der Waals surface area contributed by atoms with Gasteiger partial charge in [0.1, 0.15) is 5.82 Å². The van der Waals surface area contributed by atoms with Gasteiger partial charge in [0.15, 0.2) is 0 Å². The number of hydrogen-bond donors (Lipinski definition) is 2. The van der Waals surface area contributed by atoms with Gasteiger partial charge in [-0.15, -0.1) is 0 Å². The monoisotopic (exact) mass is 292 g/mol. The number of aromatic amines is 1. The highest BCUT2D eigenvalue weighted by molar-refractivity contribution is 5.98. The van der Waals surface area contributed by atoms with Crippen molar-refractivity contribution in [1.29, 1.82) is 0 Å². The highest BCUT2D eigenvalue weighted by atomic mass is 19.1. The average molecular weight is 292 g/mol. The van der Waals surface area contributed by atoms with Gasteiger partial charge in [-0.1, -0.05) is 17.9 Å². The predicted octanol–water partition coefficient (Wildman–Crippen LogP) is 3.09. The van der Waals surface area contributed by atoms with Crippen LogP contribution in [0.25, 0.3) is 10.9 Å². The van der Waals surface area contributed by atoms with Crippen molar-refractivity contribution in [2.75, 3.05) is 6.54 Å². The Morgan fingerprint density at radius 1 is 1.14 bits per heavy atom. The zero-order valence-corrected chi connectivity index (χ0v) is 11.7. The van der Waals surface area contributed by atoms with Gasteiger partial charge in [-0.2, -0.15) is 0 Å². The van der Waals surface area contributed by atoms with Gasteiger partial charge in [0.2, 0.25) is 0 Å². The van der Waals surface area contributed by atoms with Gasteiger partial charge in [0.25, 0.3) is 5.91 Å². The summed E-state index contributed by atoms with van der Waals surface area (Å²) >= 11 is 0. The Morgan fingerprint density at radius 3 is 2.77 bits per heavy atom. The molecule has 2 aromatic carbocycles. The molecule has 1 aromatic heterocycles. The van der Waals surface area contributed by atoms with Crippen LogP contribution in [0.2, 0.25) is 0 Å². The Balaban J connectivity index is 1.61. The van der Waals surface area contributed by atoms with Crippen molar-refractivity contribution in [3.05, 3.63) is 71.7 Å². The third-order valence-electron chi connectivity index (χ3n) is 3.23. The molecule has 0 saturated carbocycles. The van der Waals surface area contributed by atoms with Crippen LogP contribution in [0.1, 0.15) is 15.9 Å². The van der Waals surface area contributed by atoms with E-state index in [0.29, 0.717) is 11.1 Å². The van der Waals surface area contributed by atoms with E-state index in [1.807, 2.05) is 18.3 Å². The van der Waals surface area contributed by atoms with E-state index in [1.54, 1.807) is 24.3 Å². The molecule has 0 spiro atoms. The second-order valence-corrected chi connectivity index (χ2v) is 4.77. The Labute approximate surface area is 127 Å².